The van der Waals surface area contributed by atoms with Gasteiger partial charge in [0.2, 0.25) is 5.91 Å². The van der Waals surface area contributed by atoms with Gasteiger partial charge < -0.3 is 10.2 Å². The van der Waals surface area contributed by atoms with Gasteiger partial charge >= 0.3 is 0 Å². The van der Waals surface area contributed by atoms with Crippen molar-refractivity contribution in [3.8, 4) is 0 Å². The lowest BCUT2D eigenvalue weighted by atomic mass is 10.1. The third kappa shape index (κ3) is 3.32. The first kappa shape index (κ1) is 14.9. The van der Waals surface area contributed by atoms with E-state index in [1.807, 2.05) is 4.90 Å². The van der Waals surface area contributed by atoms with Gasteiger partial charge in [0.25, 0.3) is 0 Å². The zero-order valence-corrected chi connectivity index (χ0v) is 11.7. The number of hydrogen-bond donors (Lipinski definition) is 1. The molecule has 1 unspecified atom stereocenters. The third-order valence-electron chi connectivity index (χ3n) is 3.45. The molecule has 0 aromatic heterocycles. The summed E-state index contributed by atoms with van der Waals surface area (Å²) < 4.78 is 26.2. The maximum Gasteiger partial charge on any atom is 0.240 e. The number of carbonyl (C=O) groups excluding carboxylic acids is 1. The predicted octanol–water partition coefficient (Wildman–Crippen LogP) is 0.827. The minimum atomic E-state index is -0.854. The molecule has 0 aliphatic carbocycles. The van der Waals surface area contributed by atoms with Crippen LogP contribution in [0.4, 0.5) is 8.78 Å². The summed E-state index contributed by atoms with van der Waals surface area (Å²) in [6, 6.07) is 3.59. The number of rotatable bonds is 3. The van der Waals surface area contributed by atoms with Crippen LogP contribution in [0.15, 0.2) is 18.2 Å². The molecule has 1 heterocycles. The first-order valence-electron chi connectivity index (χ1n) is 6.59. The van der Waals surface area contributed by atoms with Crippen molar-refractivity contribution in [3.05, 3.63) is 35.4 Å². The molecule has 0 bridgehead atoms. The lowest BCUT2D eigenvalue weighted by Crippen LogP contribution is -2.57. The standard InChI is InChI=1S/C14H19F2N3O/c1-18(2)14(20)13-8-17-5-6-19(13)9-10-3-4-11(15)12(16)7-10/h3-4,7,13,17H,5-6,8-9H2,1-2H3. The Bertz CT molecular complexity index is 493. The number of halogens is 2. The molecular formula is C14H19F2N3O. The summed E-state index contributed by atoms with van der Waals surface area (Å²) in [6.45, 7) is 2.48. The van der Waals surface area contributed by atoms with Crippen LogP contribution in [0.3, 0.4) is 0 Å². The number of benzene rings is 1. The zero-order valence-electron chi connectivity index (χ0n) is 11.7. The van der Waals surface area contributed by atoms with E-state index in [0.29, 0.717) is 25.2 Å². The van der Waals surface area contributed by atoms with Crippen LogP contribution in [-0.2, 0) is 11.3 Å². The van der Waals surface area contributed by atoms with E-state index in [0.717, 1.165) is 12.6 Å². The molecular weight excluding hydrogens is 264 g/mol. The number of nitrogens with zero attached hydrogens (tertiary/aromatic N) is 2. The zero-order chi connectivity index (χ0) is 14.7. The van der Waals surface area contributed by atoms with E-state index in [9.17, 15) is 13.6 Å². The van der Waals surface area contributed by atoms with Gasteiger partial charge in [-0.3, -0.25) is 9.69 Å². The summed E-state index contributed by atoms with van der Waals surface area (Å²) in [7, 11) is 3.43. The molecule has 6 heteroatoms. The van der Waals surface area contributed by atoms with Crippen LogP contribution >= 0.6 is 0 Å². The summed E-state index contributed by atoms with van der Waals surface area (Å²) in [4.78, 5) is 15.7. The van der Waals surface area contributed by atoms with Crippen LogP contribution in [0.5, 0.6) is 0 Å². The van der Waals surface area contributed by atoms with Gasteiger partial charge in [0.15, 0.2) is 11.6 Å². The highest BCUT2D eigenvalue weighted by atomic mass is 19.2. The van der Waals surface area contributed by atoms with E-state index < -0.39 is 11.6 Å². The van der Waals surface area contributed by atoms with Crippen molar-refractivity contribution in [2.75, 3.05) is 33.7 Å². The van der Waals surface area contributed by atoms with Crippen molar-refractivity contribution in [1.29, 1.82) is 0 Å². The van der Waals surface area contributed by atoms with E-state index in [1.165, 1.54) is 6.07 Å². The molecule has 1 aliphatic rings. The van der Waals surface area contributed by atoms with E-state index in [2.05, 4.69) is 5.32 Å². The van der Waals surface area contributed by atoms with Crippen LogP contribution < -0.4 is 5.32 Å². The largest absolute Gasteiger partial charge is 0.347 e. The smallest absolute Gasteiger partial charge is 0.240 e. The van der Waals surface area contributed by atoms with Gasteiger partial charge in [-0.25, -0.2) is 8.78 Å². The maximum atomic E-state index is 13.2. The number of likely N-dealkylation sites (N-methyl/N-ethyl adjacent to an activating group) is 1. The minimum Gasteiger partial charge on any atom is -0.347 e. The summed E-state index contributed by atoms with van der Waals surface area (Å²) in [6.07, 6.45) is 0. The molecule has 1 amide bonds. The molecule has 1 aliphatic heterocycles. The molecule has 0 saturated carbocycles. The van der Waals surface area contributed by atoms with Gasteiger partial charge in [-0.15, -0.1) is 0 Å². The molecule has 1 aromatic carbocycles. The Kier molecular flexibility index (Phi) is 4.67. The van der Waals surface area contributed by atoms with Crippen molar-refractivity contribution in [1.82, 2.24) is 15.1 Å². The summed E-state index contributed by atoms with van der Waals surface area (Å²) in [5.41, 5.74) is 0.669. The van der Waals surface area contributed by atoms with Crippen LogP contribution in [-0.4, -0.2) is 55.5 Å². The van der Waals surface area contributed by atoms with E-state index in [4.69, 9.17) is 0 Å². The highest BCUT2D eigenvalue weighted by Gasteiger charge is 2.29. The van der Waals surface area contributed by atoms with Crippen LogP contribution in [0, 0.1) is 11.6 Å². The lowest BCUT2D eigenvalue weighted by molar-refractivity contribution is -0.135. The monoisotopic (exact) mass is 283 g/mol. The number of amides is 1. The summed E-state index contributed by atoms with van der Waals surface area (Å²) in [5, 5.41) is 3.18. The van der Waals surface area contributed by atoms with Gasteiger partial charge in [0.05, 0.1) is 0 Å². The van der Waals surface area contributed by atoms with Gasteiger partial charge in [-0.05, 0) is 17.7 Å². The van der Waals surface area contributed by atoms with Gasteiger partial charge in [0, 0.05) is 40.3 Å². The van der Waals surface area contributed by atoms with Gasteiger partial charge in [0.1, 0.15) is 6.04 Å². The molecule has 0 spiro atoms. The Balaban J connectivity index is 2.12. The Labute approximate surface area is 117 Å². The number of hydrogen-bond acceptors (Lipinski definition) is 3. The second-order valence-electron chi connectivity index (χ2n) is 5.17. The minimum absolute atomic E-state index is 0.0137. The molecule has 1 saturated heterocycles. The number of nitrogens with one attached hydrogen (secondary N) is 1. The van der Waals surface area contributed by atoms with Gasteiger partial charge in [-0.2, -0.15) is 0 Å². The van der Waals surface area contributed by atoms with Crippen molar-refractivity contribution >= 4 is 5.91 Å². The van der Waals surface area contributed by atoms with Crippen molar-refractivity contribution < 1.29 is 13.6 Å². The van der Waals surface area contributed by atoms with Crippen LogP contribution in [0.25, 0.3) is 0 Å². The third-order valence-corrected chi connectivity index (χ3v) is 3.45. The van der Waals surface area contributed by atoms with E-state index in [1.54, 1.807) is 25.1 Å². The molecule has 1 atom stereocenters. The fraction of sp³-hybridized carbons (Fsp3) is 0.500. The molecule has 0 radical (unpaired) electrons. The number of piperazine rings is 1. The Morgan fingerprint density at radius 3 is 2.80 bits per heavy atom. The fourth-order valence-electron chi connectivity index (χ4n) is 2.35. The number of carbonyl (C=O) groups is 1. The van der Waals surface area contributed by atoms with E-state index in [-0.39, 0.29) is 11.9 Å². The van der Waals surface area contributed by atoms with Crippen LogP contribution in [0.1, 0.15) is 5.56 Å². The first-order chi connectivity index (χ1) is 9.49. The molecule has 1 aromatic rings. The summed E-state index contributed by atoms with van der Waals surface area (Å²) in [5.74, 6) is -1.69. The maximum absolute atomic E-state index is 13.2. The van der Waals surface area contributed by atoms with Crippen molar-refractivity contribution in [2.24, 2.45) is 0 Å². The average Bonchev–Trinajstić information content (AvgIpc) is 2.42. The predicted molar refractivity (Wildman–Crippen MR) is 72.1 cm³/mol. The quantitative estimate of drug-likeness (QED) is 0.892. The summed E-state index contributed by atoms with van der Waals surface area (Å²) >= 11 is 0. The van der Waals surface area contributed by atoms with Crippen LogP contribution in [0.2, 0.25) is 0 Å². The van der Waals surface area contributed by atoms with E-state index >= 15 is 0 Å². The normalized spacial score (nSPS) is 19.9. The van der Waals surface area contributed by atoms with Crippen molar-refractivity contribution in [3.63, 3.8) is 0 Å². The Hall–Kier alpha value is -1.53. The Morgan fingerprint density at radius 1 is 1.40 bits per heavy atom. The molecule has 1 fully saturated rings. The molecule has 4 nitrogen and oxygen atoms in total. The highest BCUT2D eigenvalue weighted by molar-refractivity contribution is 5.81. The highest BCUT2D eigenvalue weighted by Crippen LogP contribution is 2.14. The first-order valence-corrected chi connectivity index (χ1v) is 6.59. The fourth-order valence-corrected chi connectivity index (χ4v) is 2.35. The van der Waals surface area contributed by atoms with Crippen molar-refractivity contribution in [2.45, 2.75) is 12.6 Å². The Morgan fingerprint density at radius 2 is 2.15 bits per heavy atom. The lowest BCUT2D eigenvalue weighted by Gasteiger charge is -2.36. The SMILES string of the molecule is CN(C)C(=O)C1CNCCN1Cc1ccc(F)c(F)c1. The molecule has 20 heavy (non-hydrogen) atoms. The molecule has 1 N–H and O–H groups in total. The molecule has 110 valence electrons. The topological polar surface area (TPSA) is 35.6 Å². The average molecular weight is 283 g/mol. The molecule has 2 rings (SSSR count). The second-order valence-corrected chi connectivity index (χ2v) is 5.17. The van der Waals surface area contributed by atoms with Gasteiger partial charge in [-0.1, -0.05) is 6.07 Å². The second kappa shape index (κ2) is 6.28.